The molecule has 1 atom stereocenters. The number of unbranched alkanes of at least 4 members (excludes halogenated alkanes) is 1. The van der Waals surface area contributed by atoms with Crippen LogP contribution in [0.3, 0.4) is 0 Å². The number of halogens is 2. The van der Waals surface area contributed by atoms with Gasteiger partial charge in [-0.3, -0.25) is 0 Å². The van der Waals surface area contributed by atoms with E-state index < -0.39 is 27.4 Å². The number of allylic oxidation sites excluding steroid dienone is 1. The molecule has 0 N–H and O–H groups in total. The van der Waals surface area contributed by atoms with Crippen molar-refractivity contribution in [3.8, 4) is 22.3 Å². The first kappa shape index (κ1) is 26.5. The van der Waals surface area contributed by atoms with Gasteiger partial charge in [0.25, 0.3) is 0 Å². The van der Waals surface area contributed by atoms with Crippen LogP contribution in [-0.2, 0) is 17.9 Å². The molecule has 4 aromatic carbocycles. The van der Waals surface area contributed by atoms with Crippen LogP contribution in [0.1, 0.15) is 66.3 Å². The minimum absolute atomic E-state index is 0.141. The minimum atomic E-state index is -3.95. The molecule has 0 nitrogen and oxygen atoms in total. The molecule has 1 aliphatic carbocycles. The van der Waals surface area contributed by atoms with E-state index in [1.54, 1.807) is 0 Å². The number of fused-ring (bicyclic) bond motifs is 4. The van der Waals surface area contributed by atoms with E-state index in [0.29, 0.717) is 5.92 Å². The Bertz CT molecular complexity index is 1540. The second kappa shape index (κ2) is 10.7. The summed E-state index contributed by atoms with van der Waals surface area (Å²) in [6, 6.07) is 31.3. The van der Waals surface area contributed by atoms with Gasteiger partial charge in [-0.2, -0.15) is 0 Å². The van der Waals surface area contributed by atoms with Crippen LogP contribution in [0.5, 0.6) is 0 Å². The first-order valence-corrected chi connectivity index (χ1v) is 24.3. The Morgan fingerprint density at radius 3 is 2.34 bits per heavy atom. The van der Waals surface area contributed by atoms with E-state index in [4.69, 9.17) is 17.0 Å². The molecule has 1 unspecified atom stereocenters. The van der Waals surface area contributed by atoms with E-state index in [-0.39, 0.29) is 3.63 Å². The molecule has 4 aromatic rings. The molecule has 0 saturated heterocycles. The molecule has 2 aliphatic rings. The standard InChI is InChI=1S/C22H25.C12H9Si.2ClH.Zr/c1-4-5-9-17-14-19-12-13-20(16(2)3)22(21(19)15-17)18-10-7-6-8-11-18;1-3-7-11-9(5-1)10-6-2-4-8-12(10)13-11;;;/h6-8,10-16H,4-5,9H2,1-3H3;1-7H,13H2;2*1H;/q;;;;+2/p-2. The van der Waals surface area contributed by atoms with E-state index in [2.05, 4.69) is 112 Å². The molecule has 192 valence electrons. The topological polar surface area (TPSA) is 0 Å². The summed E-state index contributed by atoms with van der Waals surface area (Å²) in [6.07, 6.45) is 5.87. The molecule has 0 fully saturated rings. The fourth-order valence-corrected chi connectivity index (χ4v) is 23.4. The van der Waals surface area contributed by atoms with Crippen LogP contribution in [0.25, 0.3) is 28.3 Å². The Kier molecular flexibility index (Phi) is 7.47. The fraction of sp³-hybridized carbons (Fsp3) is 0.235. The number of benzene rings is 4. The molecule has 0 aromatic heterocycles. The summed E-state index contributed by atoms with van der Waals surface area (Å²) < 4.78 is 1.46. The molecule has 0 bridgehead atoms. The molecule has 6 rings (SSSR count). The average Bonchev–Trinajstić information content (AvgIpc) is 3.50. The van der Waals surface area contributed by atoms with Crippen molar-refractivity contribution < 1.29 is 17.9 Å². The van der Waals surface area contributed by atoms with E-state index in [9.17, 15) is 0 Å². The van der Waals surface area contributed by atoms with Crippen molar-refractivity contribution in [3.63, 3.8) is 0 Å². The molecular weight excluding hydrogens is 599 g/mol. The second-order valence-electron chi connectivity index (χ2n) is 11.1. The van der Waals surface area contributed by atoms with E-state index in [1.165, 1.54) is 64.6 Å². The molecule has 0 saturated carbocycles. The van der Waals surface area contributed by atoms with Crippen LogP contribution in [0.2, 0.25) is 0 Å². The summed E-state index contributed by atoms with van der Waals surface area (Å²) in [5.74, 6) is 0.434. The van der Waals surface area contributed by atoms with Gasteiger partial charge in [-0.25, -0.2) is 0 Å². The molecule has 1 aliphatic heterocycles. The molecule has 1 heterocycles. The number of rotatable bonds is 7. The van der Waals surface area contributed by atoms with Crippen LogP contribution in [0.4, 0.5) is 0 Å². The third kappa shape index (κ3) is 4.46. The first-order valence-electron chi connectivity index (χ1n) is 13.9. The Morgan fingerprint density at radius 1 is 0.842 bits per heavy atom. The summed E-state index contributed by atoms with van der Waals surface area (Å²) in [5.41, 5.74) is 11.0. The predicted octanol–water partition coefficient (Wildman–Crippen LogP) is 7.99. The van der Waals surface area contributed by atoms with Crippen molar-refractivity contribution in [1.82, 2.24) is 0 Å². The van der Waals surface area contributed by atoms with Crippen molar-refractivity contribution in [2.24, 2.45) is 0 Å². The van der Waals surface area contributed by atoms with Gasteiger partial charge in [0, 0.05) is 0 Å². The summed E-state index contributed by atoms with van der Waals surface area (Å²) in [4.78, 5) is 0. The summed E-state index contributed by atoms with van der Waals surface area (Å²) in [6.45, 7) is 6.86. The molecule has 4 heteroatoms. The van der Waals surface area contributed by atoms with Crippen molar-refractivity contribution in [1.29, 1.82) is 0 Å². The first-order chi connectivity index (χ1) is 18.4. The van der Waals surface area contributed by atoms with Gasteiger partial charge in [0.05, 0.1) is 0 Å². The van der Waals surface area contributed by atoms with Crippen LogP contribution in [0, 0.1) is 0 Å². The Hall–Kier alpha value is -1.70. The molecule has 0 spiro atoms. The van der Waals surface area contributed by atoms with Crippen LogP contribution in [-0.4, -0.2) is 9.52 Å². The zero-order chi connectivity index (χ0) is 26.4. The number of hydrogen-bond donors (Lipinski definition) is 0. The van der Waals surface area contributed by atoms with Crippen LogP contribution < -0.4 is 13.6 Å². The fourth-order valence-electron chi connectivity index (χ4n) is 6.59. The van der Waals surface area contributed by atoms with Gasteiger partial charge in [-0.15, -0.1) is 0 Å². The van der Waals surface area contributed by atoms with Crippen molar-refractivity contribution in [2.45, 2.75) is 49.6 Å². The van der Waals surface area contributed by atoms with Gasteiger partial charge in [0.2, 0.25) is 0 Å². The van der Waals surface area contributed by atoms with Gasteiger partial charge < -0.3 is 0 Å². The third-order valence-electron chi connectivity index (χ3n) is 8.40. The summed E-state index contributed by atoms with van der Waals surface area (Å²) in [5, 5.41) is 3.02. The average molecular weight is 633 g/mol. The molecular formula is C34H34Cl2SiZr. The van der Waals surface area contributed by atoms with Gasteiger partial charge in [-0.1, -0.05) is 0 Å². The van der Waals surface area contributed by atoms with Gasteiger partial charge >= 0.3 is 243 Å². The molecule has 0 radical (unpaired) electrons. The van der Waals surface area contributed by atoms with Crippen molar-refractivity contribution in [3.05, 3.63) is 107 Å². The SMILES string of the molecule is CCCCC1=Cc2c(ccc(C(C)C)c2-c2ccccc2)[CH]1[Zr]([Cl])([Cl])[c]1cccc2c1[SiH2]c1ccccc1-2. The van der Waals surface area contributed by atoms with E-state index in [0.717, 1.165) is 12.8 Å². The van der Waals surface area contributed by atoms with Crippen LogP contribution in [0.15, 0.2) is 90.5 Å². The predicted molar refractivity (Wildman–Crippen MR) is 167 cm³/mol. The van der Waals surface area contributed by atoms with Gasteiger partial charge in [-0.05, 0) is 0 Å². The van der Waals surface area contributed by atoms with Gasteiger partial charge in [0.1, 0.15) is 0 Å². The molecule has 0 amide bonds. The zero-order valence-electron chi connectivity index (χ0n) is 22.4. The molecule has 38 heavy (non-hydrogen) atoms. The van der Waals surface area contributed by atoms with Crippen molar-refractivity contribution in [2.75, 3.05) is 0 Å². The Labute approximate surface area is 241 Å². The zero-order valence-corrected chi connectivity index (χ0v) is 27.8. The third-order valence-corrected chi connectivity index (χ3v) is 22.7. The monoisotopic (exact) mass is 630 g/mol. The Morgan fingerprint density at radius 2 is 1.58 bits per heavy atom. The number of hydrogen-bond acceptors (Lipinski definition) is 0. The maximum atomic E-state index is 7.85. The van der Waals surface area contributed by atoms with Gasteiger partial charge in [0.15, 0.2) is 0 Å². The van der Waals surface area contributed by atoms with E-state index >= 15 is 0 Å². The van der Waals surface area contributed by atoms with E-state index in [1.807, 2.05) is 0 Å². The maximum absolute atomic E-state index is 7.85. The van der Waals surface area contributed by atoms with Crippen molar-refractivity contribution >= 4 is 46.3 Å². The second-order valence-corrected chi connectivity index (χ2v) is 26.9. The van der Waals surface area contributed by atoms with Crippen LogP contribution >= 0.6 is 17.0 Å². The normalized spacial score (nSPS) is 16.5. The summed E-state index contributed by atoms with van der Waals surface area (Å²) >= 11 is -3.95. The summed E-state index contributed by atoms with van der Waals surface area (Å²) in [7, 11) is 15.1. The Balaban J connectivity index is 1.54. The quantitative estimate of drug-likeness (QED) is 0.160.